The van der Waals surface area contributed by atoms with Gasteiger partial charge >= 0.3 is 0 Å². The maximum Gasteiger partial charge on any atom is 0.256 e. The van der Waals surface area contributed by atoms with E-state index in [1.54, 1.807) is 4.90 Å². The Bertz CT molecular complexity index is 504. The number of carbonyl (C=O) groups is 1. The summed E-state index contributed by atoms with van der Waals surface area (Å²) in [5.74, 6) is -0.859. The van der Waals surface area contributed by atoms with Gasteiger partial charge in [-0.15, -0.1) is 0 Å². The lowest BCUT2D eigenvalue weighted by Gasteiger charge is -2.42. The molecule has 0 radical (unpaired) electrons. The average molecular weight is 285 g/mol. The van der Waals surface area contributed by atoms with Crippen LogP contribution in [0.1, 0.15) is 30.6 Å². The number of nitrogens with zero attached hydrogens (tertiary/aromatic N) is 1. The van der Waals surface area contributed by atoms with Crippen molar-refractivity contribution >= 4 is 17.5 Å². The lowest BCUT2D eigenvalue weighted by Crippen LogP contribution is -2.54. The van der Waals surface area contributed by atoms with Crippen molar-refractivity contribution in [1.29, 1.82) is 0 Å². The molecule has 5 heteroatoms. The third kappa shape index (κ3) is 2.90. The highest BCUT2D eigenvalue weighted by Gasteiger charge is 2.36. The maximum atomic E-state index is 13.7. The molecule has 1 saturated heterocycles. The molecular weight excluding hydrogens is 267 g/mol. The van der Waals surface area contributed by atoms with Gasteiger partial charge in [-0.2, -0.15) is 0 Å². The molecule has 3 nitrogen and oxygen atoms in total. The number of amides is 1. The first kappa shape index (κ1) is 14.3. The molecular formula is C14H18ClFN2O. The Morgan fingerprint density at radius 3 is 2.84 bits per heavy atom. The van der Waals surface area contributed by atoms with Gasteiger partial charge in [-0.3, -0.25) is 4.79 Å². The molecule has 0 spiro atoms. The molecule has 1 aliphatic heterocycles. The van der Waals surface area contributed by atoms with Crippen molar-refractivity contribution in [3.8, 4) is 0 Å². The third-order valence-electron chi connectivity index (χ3n) is 3.76. The first-order chi connectivity index (χ1) is 8.81. The van der Waals surface area contributed by atoms with Crippen LogP contribution < -0.4 is 5.73 Å². The first-order valence-electron chi connectivity index (χ1n) is 6.31. The van der Waals surface area contributed by atoms with Crippen LogP contribution in [-0.4, -0.2) is 29.9 Å². The first-order valence-corrected chi connectivity index (χ1v) is 6.69. The lowest BCUT2D eigenvalue weighted by molar-refractivity contribution is 0.0528. The molecule has 1 aromatic carbocycles. The van der Waals surface area contributed by atoms with Crippen LogP contribution in [0.3, 0.4) is 0 Å². The van der Waals surface area contributed by atoms with E-state index in [1.807, 2.05) is 13.8 Å². The minimum atomic E-state index is -0.540. The summed E-state index contributed by atoms with van der Waals surface area (Å²) in [5, 5.41) is 0.359. The number of hydrogen-bond donors (Lipinski definition) is 1. The topological polar surface area (TPSA) is 46.3 Å². The zero-order chi connectivity index (χ0) is 14.2. The Morgan fingerprint density at radius 1 is 1.53 bits per heavy atom. The second-order valence-electron chi connectivity index (χ2n) is 5.73. The summed E-state index contributed by atoms with van der Waals surface area (Å²) in [6.07, 6.45) is 0.723. The van der Waals surface area contributed by atoms with E-state index < -0.39 is 5.82 Å². The molecule has 1 heterocycles. The standard InChI is InChI=1S/C14H18ClFN2O/c1-14(2)8-18(6-5-12(14)17)13(19)10-7-9(15)3-4-11(10)16/h3-4,7,12H,5-6,8,17H2,1-2H3. The van der Waals surface area contributed by atoms with Gasteiger partial charge in [-0.05, 0) is 30.0 Å². The monoisotopic (exact) mass is 284 g/mol. The Labute approximate surface area is 117 Å². The number of benzene rings is 1. The summed E-state index contributed by atoms with van der Waals surface area (Å²) in [7, 11) is 0. The van der Waals surface area contributed by atoms with E-state index in [0.717, 1.165) is 6.42 Å². The van der Waals surface area contributed by atoms with Gasteiger partial charge in [0.15, 0.2) is 0 Å². The number of carbonyl (C=O) groups excluding carboxylic acids is 1. The fraction of sp³-hybridized carbons (Fsp3) is 0.500. The minimum Gasteiger partial charge on any atom is -0.338 e. The third-order valence-corrected chi connectivity index (χ3v) is 3.99. The van der Waals surface area contributed by atoms with Gasteiger partial charge < -0.3 is 10.6 Å². The van der Waals surface area contributed by atoms with E-state index in [0.29, 0.717) is 18.1 Å². The summed E-state index contributed by atoms with van der Waals surface area (Å²) in [6.45, 7) is 5.12. The van der Waals surface area contributed by atoms with E-state index in [9.17, 15) is 9.18 Å². The lowest BCUT2D eigenvalue weighted by atomic mass is 9.79. The number of rotatable bonds is 1. The van der Waals surface area contributed by atoms with Crippen LogP contribution in [0.5, 0.6) is 0 Å². The fourth-order valence-electron chi connectivity index (χ4n) is 2.38. The highest BCUT2D eigenvalue weighted by molar-refractivity contribution is 6.31. The van der Waals surface area contributed by atoms with Gasteiger partial charge in [-0.1, -0.05) is 25.4 Å². The van der Waals surface area contributed by atoms with Crippen LogP contribution in [0.4, 0.5) is 4.39 Å². The van der Waals surface area contributed by atoms with Crippen molar-refractivity contribution in [2.75, 3.05) is 13.1 Å². The molecule has 0 aromatic heterocycles. The van der Waals surface area contributed by atoms with Crippen LogP contribution in [0.2, 0.25) is 5.02 Å². The Balaban J connectivity index is 2.23. The highest BCUT2D eigenvalue weighted by atomic mass is 35.5. The molecule has 19 heavy (non-hydrogen) atoms. The Kier molecular flexibility index (Phi) is 3.83. The van der Waals surface area contributed by atoms with Gasteiger partial charge in [-0.25, -0.2) is 4.39 Å². The fourth-order valence-corrected chi connectivity index (χ4v) is 2.55. The summed E-state index contributed by atoms with van der Waals surface area (Å²) < 4.78 is 13.7. The Morgan fingerprint density at radius 2 is 2.21 bits per heavy atom. The van der Waals surface area contributed by atoms with E-state index in [-0.39, 0.29) is 22.9 Å². The van der Waals surface area contributed by atoms with Gasteiger partial charge in [0, 0.05) is 24.2 Å². The molecule has 0 bridgehead atoms. The zero-order valence-corrected chi connectivity index (χ0v) is 11.9. The number of hydrogen-bond acceptors (Lipinski definition) is 2. The smallest absolute Gasteiger partial charge is 0.256 e. The second-order valence-corrected chi connectivity index (χ2v) is 6.17. The largest absolute Gasteiger partial charge is 0.338 e. The van der Waals surface area contributed by atoms with Crippen molar-refractivity contribution < 1.29 is 9.18 Å². The SMILES string of the molecule is CC1(C)CN(C(=O)c2cc(Cl)ccc2F)CCC1N. The molecule has 0 aliphatic carbocycles. The van der Waals surface area contributed by atoms with Crippen molar-refractivity contribution in [1.82, 2.24) is 4.90 Å². The maximum absolute atomic E-state index is 13.7. The van der Waals surface area contributed by atoms with Gasteiger partial charge in [0.05, 0.1) is 5.56 Å². The number of piperidine rings is 1. The van der Waals surface area contributed by atoms with Crippen molar-refractivity contribution in [2.24, 2.45) is 11.1 Å². The number of likely N-dealkylation sites (tertiary alicyclic amines) is 1. The average Bonchev–Trinajstić information content (AvgIpc) is 2.35. The van der Waals surface area contributed by atoms with E-state index in [1.165, 1.54) is 18.2 Å². The molecule has 104 valence electrons. The highest BCUT2D eigenvalue weighted by Crippen LogP contribution is 2.29. The van der Waals surface area contributed by atoms with Gasteiger partial charge in [0.1, 0.15) is 5.82 Å². The molecule has 0 saturated carbocycles. The van der Waals surface area contributed by atoms with Crippen molar-refractivity contribution in [3.63, 3.8) is 0 Å². The quantitative estimate of drug-likeness (QED) is 0.862. The van der Waals surface area contributed by atoms with Crippen LogP contribution in [-0.2, 0) is 0 Å². The molecule has 2 N–H and O–H groups in total. The predicted molar refractivity (Wildman–Crippen MR) is 73.7 cm³/mol. The molecule has 1 aromatic rings. The summed E-state index contributed by atoms with van der Waals surface area (Å²) in [5.41, 5.74) is 5.90. The molecule has 1 amide bonds. The number of halogens is 2. The predicted octanol–water partition coefficient (Wildman–Crippen LogP) is 2.68. The van der Waals surface area contributed by atoms with Gasteiger partial charge in [0.2, 0.25) is 0 Å². The van der Waals surface area contributed by atoms with Crippen LogP contribution >= 0.6 is 11.6 Å². The minimum absolute atomic E-state index is 0.0266. The van der Waals surface area contributed by atoms with E-state index in [4.69, 9.17) is 17.3 Å². The van der Waals surface area contributed by atoms with Crippen molar-refractivity contribution in [3.05, 3.63) is 34.6 Å². The van der Waals surface area contributed by atoms with Crippen LogP contribution in [0.15, 0.2) is 18.2 Å². The molecule has 2 rings (SSSR count). The normalized spacial score (nSPS) is 22.4. The van der Waals surface area contributed by atoms with Gasteiger partial charge in [0.25, 0.3) is 5.91 Å². The molecule has 1 unspecified atom stereocenters. The number of nitrogens with two attached hydrogens (primary N) is 1. The van der Waals surface area contributed by atoms with Crippen LogP contribution in [0, 0.1) is 11.2 Å². The second kappa shape index (κ2) is 5.10. The summed E-state index contributed by atoms with van der Waals surface area (Å²) in [4.78, 5) is 14.0. The molecule has 1 fully saturated rings. The van der Waals surface area contributed by atoms with Crippen LogP contribution in [0.25, 0.3) is 0 Å². The molecule has 1 atom stereocenters. The summed E-state index contributed by atoms with van der Waals surface area (Å²) >= 11 is 5.82. The molecule has 1 aliphatic rings. The van der Waals surface area contributed by atoms with E-state index >= 15 is 0 Å². The zero-order valence-electron chi connectivity index (χ0n) is 11.1. The summed E-state index contributed by atoms with van der Waals surface area (Å²) in [6, 6.07) is 4.08. The van der Waals surface area contributed by atoms with Crippen molar-refractivity contribution in [2.45, 2.75) is 26.3 Å². The van der Waals surface area contributed by atoms with E-state index in [2.05, 4.69) is 0 Å². The Hall–Kier alpha value is -1.13.